The van der Waals surface area contributed by atoms with E-state index in [1.807, 2.05) is 30.0 Å². The maximum absolute atomic E-state index is 12.9. The predicted octanol–water partition coefficient (Wildman–Crippen LogP) is 3.05. The number of benzene rings is 1. The molecule has 24 heavy (non-hydrogen) atoms. The van der Waals surface area contributed by atoms with Gasteiger partial charge in [0.15, 0.2) is 0 Å². The smallest absolute Gasteiger partial charge is 0.253 e. The van der Waals surface area contributed by atoms with Crippen LogP contribution in [0.4, 0.5) is 0 Å². The first-order valence-electron chi connectivity index (χ1n) is 8.15. The largest absolute Gasteiger partial charge is 0.338 e. The van der Waals surface area contributed by atoms with E-state index >= 15 is 0 Å². The molecule has 1 N–H and O–H groups in total. The molecule has 6 nitrogen and oxygen atoms in total. The zero-order chi connectivity index (χ0) is 16.7. The lowest BCUT2D eigenvalue weighted by molar-refractivity contribution is 0.0707. The molecule has 1 amide bonds. The van der Waals surface area contributed by atoms with Crippen molar-refractivity contribution in [2.24, 2.45) is 0 Å². The van der Waals surface area contributed by atoms with Gasteiger partial charge in [0, 0.05) is 29.4 Å². The van der Waals surface area contributed by atoms with Crippen LogP contribution in [0.2, 0.25) is 0 Å². The number of piperidine rings is 1. The van der Waals surface area contributed by atoms with E-state index < -0.39 is 0 Å². The van der Waals surface area contributed by atoms with Crippen molar-refractivity contribution in [2.45, 2.75) is 32.6 Å². The minimum Gasteiger partial charge on any atom is -0.338 e. The molecule has 7 heteroatoms. The van der Waals surface area contributed by atoms with Gasteiger partial charge in [-0.3, -0.25) is 4.79 Å². The summed E-state index contributed by atoms with van der Waals surface area (Å²) in [7, 11) is 0. The molecule has 1 saturated heterocycles. The molecule has 3 heterocycles. The average molecular weight is 341 g/mol. The Morgan fingerprint density at radius 2 is 2.12 bits per heavy atom. The van der Waals surface area contributed by atoms with Crippen LogP contribution in [0.25, 0.3) is 11.0 Å². The predicted molar refractivity (Wildman–Crippen MR) is 93.4 cm³/mol. The van der Waals surface area contributed by atoms with Gasteiger partial charge in [-0.25, -0.2) is 4.98 Å². The number of rotatable bonds is 2. The summed E-state index contributed by atoms with van der Waals surface area (Å²) in [5.74, 6) is 0.408. The lowest BCUT2D eigenvalue weighted by Gasteiger charge is -2.32. The Morgan fingerprint density at radius 3 is 2.92 bits per heavy atom. The Kier molecular flexibility index (Phi) is 3.80. The van der Waals surface area contributed by atoms with Crippen LogP contribution in [0.5, 0.6) is 0 Å². The molecule has 1 fully saturated rings. The lowest BCUT2D eigenvalue weighted by atomic mass is 9.98. The third kappa shape index (κ3) is 2.69. The number of fused-ring (bicyclic) bond motifs is 1. The number of aryl methyl sites for hydroxylation is 2. The number of amides is 1. The van der Waals surface area contributed by atoms with E-state index in [1.54, 1.807) is 11.3 Å². The van der Waals surface area contributed by atoms with Crippen LogP contribution < -0.4 is 0 Å². The number of nitrogens with one attached hydrogen (secondary N) is 1. The van der Waals surface area contributed by atoms with E-state index in [0.29, 0.717) is 11.5 Å². The number of aromatic amines is 1. The number of H-pyrrole nitrogens is 1. The van der Waals surface area contributed by atoms with Crippen LogP contribution in [0.3, 0.4) is 0 Å². The van der Waals surface area contributed by atoms with E-state index in [1.165, 1.54) is 4.88 Å². The number of aromatic nitrogens is 4. The molecular weight excluding hydrogens is 322 g/mol. The van der Waals surface area contributed by atoms with Crippen molar-refractivity contribution in [1.82, 2.24) is 25.3 Å². The molecule has 3 aromatic rings. The summed E-state index contributed by atoms with van der Waals surface area (Å²) in [6.07, 6.45) is 2.11. The third-order valence-electron chi connectivity index (χ3n) is 4.67. The van der Waals surface area contributed by atoms with Crippen molar-refractivity contribution in [3.8, 4) is 0 Å². The Labute approximate surface area is 143 Å². The Balaban J connectivity index is 1.55. The van der Waals surface area contributed by atoms with Gasteiger partial charge in [-0.1, -0.05) is 0 Å². The van der Waals surface area contributed by atoms with Gasteiger partial charge in [0.1, 0.15) is 11.0 Å². The van der Waals surface area contributed by atoms with Crippen molar-refractivity contribution in [3.63, 3.8) is 0 Å². The molecule has 0 bridgehead atoms. The molecule has 0 radical (unpaired) electrons. The maximum Gasteiger partial charge on any atom is 0.253 e. The number of hydrogen-bond acceptors (Lipinski definition) is 5. The summed E-state index contributed by atoms with van der Waals surface area (Å²) in [5, 5.41) is 11.8. The highest BCUT2D eigenvalue weighted by Crippen LogP contribution is 2.31. The Morgan fingerprint density at radius 1 is 1.29 bits per heavy atom. The van der Waals surface area contributed by atoms with Gasteiger partial charge in [-0.2, -0.15) is 15.4 Å². The lowest BCUT2D eigenvalue weighted by Crippen LogP contribution is -2.39. The molecular formula is C17H19N5OS. The molecule has 1 aromatic carbocycles. The molecule has 124 valence electrons. The molecule has 1 aliphatic rings. The number of carbonyl (C=O) groups is 1. The summed E-state index contributed by atoms with van der Waals surface area (Å²) in [4.78, 5) is 20.8. The zero-order valence-corrected chi connectivity index (χ0v) is 14.6. The monoisotopic (exact) mass is 341 g/mol. The normalized spacial score (nSPS) is 18.2. The molecule has 0 spiro atoms. The van der Waals surface area contributed by atoms with Crippen molar-refractivity contribution >= 4 is 28.3 Å². The average Bonchev–Trinajstić information content (AvgIpc) is 3.20. The summed E-state index contributed by atoms with van der Waals surface area (Å²) >= 11 is 1.76. The second-order valence-electron chi connectivity index (χ2n) is 6.31. The van der Waals surface area contributed by atoms with Crippen LogP contribution >= 0.6 is 11.3 Å². The minimum atomic E-state index is 0.0644. The van der Waals surface area contributed by atoms with Crippen LogP contribution in [0, 0.1) is 13.8 Å². The quantitative estimate of drug-likeness (QED) is 0.777. The van der Waals surface area contributed by atoms with Crippen LogP contribution in [-0.4, -0.2) is 44.3 Å². The summed E-state index contributed by atoms with van der Waals surface area (Å²) in [6, 6.07) is 5.47. The second kappa shape index (κ2) is 5.98. The highest BCUT2D eigenvalue weighted by molar-refractivity contribution is 7.11. The molecule has 0 aliphatic carbocycles. The van der Waals surface area contributed by atoms with Crippen molar-refractivity contribution in [1.29, 1.82) is 0 Å². The maximum atomic E-state index is 12.9. The van der Waals surface area contributed by atoms with Gasteiger partial charge in [0.2, 0.25) is 0 Å². The van der Waals surface area contributed by atoms with Gasteiger partial charge in [-0.05, 0) is 44.9 Å². The minimum absolute atomic E-state index is 0.0644. The molecule has 1 atom stereocenters. The number of carbonyl (C=O) groups excluding carboxylic acids is 1. The standard InChI is InChI=1S/C17H19N5OS/c1-10-11(2)24-16(18-10)13-4-3-7-22(9-13)17(23)12-5-6-14-15(8-12)20-21-19-14/h5-6,8,13H,3-4,7,9H2,1-2H3,(H,19,20,21)/t13-/m0/s1. The fourth-order valence-electron chi connectivity index (χ4n) is 3.19. The molecule has 0 unspecified atom stereocenters. The topological polar surface area (TPSA) is 74.8 Å². The highest BCUT2D eigenvalue weighted by Gasteiger charge is 2.27. The summed E-state index contributed by atoms with van der Waals surface area (Å²) < 4.78 is 0. The fraction of sp³-hybridized carbons (Fsp3) is 0.412. The van der Waals surface area contributed by atoms with Gasteiger partial charge in [0.05, 0.1) is 10.7 Å². The molecule has 4 rings (SSSR count). The van der Waals surface area contributed by atoms with E-state index in [-0.39, 0.29) is 5.91 Å². The van der Waals surface area contributed by atoms with Crippen molar-refractivity contribution < 1.29 is 4.79 Å². The SMILES string of the molecule is Cc1nc([C@H]2CCCN(C(=O)c3ccc4n[nH]nc4c3)C2)sc1C. The Hall–Kier alpha value is -2.28. The van der Waals surface area contributed by atoms with Crippen LogP contribution in [-0.2, 0) is 0 Å². The van der Waals surface area contributed by atoms with Gasteiger partial charge in [-0.15, -0.1) is 11.3 Å². The number of thiazole rings is 1. The van der Waals surface area contributed by atoms with Gasteiger partial charge < -0.3 is 4.90 Å². The van der Waals surface area contributed by atoms with E-state index in [2.05, 4.69) is 22.3 Å². The third-order valence-corrected chi connectivity index (χ3v) is 5.90. The van der Waals surface area contributed by atoms with Crippen molar-refractivity contribution in [2.75, 3.05) is 13.1 Å². The summed E-state index contributed by atoms with van der Waals surface area (Å²) in [6.45, 7) is 5.70. The second-order valence-corrected chi connectivity index (χ2v) is 7.55. The van der Waals surface area contributed by atoms with E-state index in [9.17, 15) is 4.79 Å². The highest BCUT2D eigenvalue weighted by atomic mass is 32.1. The molecule has 2 aromatic heterocycles. The number of nitrogens with zero attached hydrogens (tertiary/aromatic N) is 4. The van der Waals surface area contributed by atoms with Crippen LogP contribution in [0.1, 0.15) is 44.7 Å². The molecule has 0 saturated carbocycles. The van der Waals surface area contributed by atoms with Crippen molar-refractivity contribution in [3.05, 3.63) is 39.3 Å². The Bertz CT molecular complexity index is 880. The van der Waals surface area contributed by atoms with E-state index in [4.69, 9.17) is 4.98 Å². The number of likely N-dealkylation sites (tertiary alicyclic amines) is 1. The first-order valence-corrected chi connectivity index (χ1v) is 8.97. The first-order chi connectivity index (χ1) is 11.6. The fourth-order valence-corrected chi connectivity index (χ4v) is 4.24. The first kappa shape index (κ1) is 15.3. The van der Waals surface area contributed by atoms with Gasteiger partial charge >= 0.3 is 0 Å². The summed E-state index contributed by atoms with van der Waals surface area (Å²) in [5.41, 5.74) is 3.27. The molecule has 1 aliphatic heterocycles. The van der Waals surface area contributed by atoms with Gasteiger partial charge in [0.25, 0.3) is 5.91 Å². The zero-order valence-electron chi connectivity index (χ0n) is 13.7. The number of hydrogen-bond donors (Lipinski definition) is 1. The van der Waals surface area contributed by atoms with E-state index in [0.717, 1.165) is 47.7 Å². The van der Waals surface area contributed by atoms with Crippen LogP contribution in [0.15, 0.2) is 18.2 Å².